The van der Waals surface area contributed by atoms with Gasteiger partial charge in [-0.3, -0.25) is 14.7 Å². The van der Waals surface area contributed by atoms with Gasteiger partial charge in [0, 0.05) is 44.3 Å². The van der Waals surface area contributed by atoms with Crippen molar-refractivity contribution in [3.63, 3.8) is 0 Å². The Kier molecular flexibility index (Phi) is 5.57. The molecule has 7 nitrogen and oxygen atoms in total. The summed E-state index contributed by atoms with van der Waals surface area (Å²) in [6.07, 6.45) is 1.97. The Hall–Kier alpha value is -2.48. The summed E-state index contributed by atoms with van der Waals surface area (Å²) in [7, 11) is 0. The van der Waals surface area contributed by atoms with Gasteiger partial charge in [-0.1, -0.05) is 18.2 Å². The fourth-order valence-corrected chi connectivity index (χ4v) is 4.27. The minimum atomic E-state index is -0.807. The Morgan fingerprint density at radius 1 is 1.04 bits per heavy atom. The molecule has 148 valence electrons. The van der Waals surface area contributed by atoms with Crippen LogP contribution in [0.25, 0.3) is 0 Å². The molecule has 1 saturated carbocycles. The number of nitrogens with zero attached hydrogens (tertiary/aromatic N) is 3. The fraction of sp³-hybridized carbons (Fsp3) is 0.429. The molecule has 4 atom stereocenters. The molecule has 2 aromatic rings. The van der Waals surface area contributed by atoms with E-state index in [1.165, 1.54) is 11.9 Å². The van der Waals surface area contributed by atoms with E-state index in [-0.39, 0.29) is 11.9 Å². The largest absolute Gasteiger partial charge is 0.391 e. The summed E-state index contributed by atoms with van der Waals surface area (Å²) in [6.45, 7) is 3.20. The Morgan fingerprint density at radius 2 is 1.79 bits per heavy atom. The molecule has 0 radical (unpaired) electrons. The third-order valence-corrected chi connectivity index (χ3v) is 5.75. The molecule has 7 heteroatoms. The third kappa shape index (κ3) is 3.87. The third-order valence-electron chi connectivity index (χ3n) is 5.75. The second kappa shape index (κ2) is 8.26. The van der Waals surface area contributed by atoms with Gasteiger partial charge in [0.25, 0.3) is 5.91 Å². The van der Waals surface area contributed by atoms with Gasteiger partial charge in [0.2, 0.25) is 0 Å². The number of hydrogen-bond donors (Lipinski definition) is 3. The van der Waals surface area contributed by atoms with Crippen molar-refractivity contribution >= 4 is 11.6 Å². The summed E-state index contributed by atoms with van der Waals surface area (Å²) in [4.78, 5) is 20.8. The van der Waals surface area contributed by atoms with Gasteiger partial charge < -0.3 is 20.4 Å². The van der Waals surface area contributed by atoms with Crippen molar-refractivity contribution in [2.45, 2.75) is 30.7 Å². The zero-order valence-corrected chi connectivity index (χ0v) is 15.7. The van der Waals surface area contributed by atoms with Gasteiger partial charge >= 0.3 is 0 Å². The van der Waals surface area contributed by atoms with E-state index in [2.05, 4.69) is 32.2 Å². The molecule has 4 rings (SSSR count). The lowest BCUT2D eigenvalue weighted by Crippen LogP contribution is -2.57. The summed E-state index contributed by atoms with van der Waals surface area (Å²) in [5.74, 6) is -0.279. The van der Waals surface area contributed by atoms with Gasteiger partial charge in [0.15, 0.2) is 0 Å². The predicted molar refractivity (Wildman–Crippen MR) is 106 cm³/mol. The summed E-state index contributed by atoms with van der Waals surface area (Å²) in [5.41, 5.74) is 1.64. The van der Waals surface area contributed by atoms with Gasteiger partial charge in [-0.05, 0) is 30.7 Å². The number of piperazine rings is 1. The minimum absolute atomic E-state index is 0.279. The maximum Gasteiger partial charge on any atom is 0.253 e. The zero-order chi connectivity index (χ0) is 19.5. The number of aliphatic hydroxyl groups is 2. The maximum atomic E-state index is 12.4. The molecule has 2 aliphatic rings. The number of rotatable bonds is 4. The van der Waals surface area contributed by atoms with Crippen LogP contribution in [0.15, 0.2) is 54.9 Å². The lowest BCUT2D eigenvalue weighted by molar-refractivity contribution is 0.00543. The standard InChI is InChI=1S/C21H26N4O3/c26-18-13-17(23-21(28)15-5-4-8-22-14-15)20(27)19(18)25-11-9-24(10-12-25)16-6-2-1-3-7-16/h1-8,14,17-20,26-27H,9-13H2,(H,23,28)/t17-,18+,19-,20-/m1/s1. The minimum Gasteiger partial charge on any atom is -0.391 e. The van der Waals surface area contributed by atoms with Crippen molar-refractivity contribution in [3.05, 3.63) is 60.4 Å². The van der Waals surface area contributed by atoms with Crippen LogP contribution in [-0.4, -0.2) is 76.5 Å². The summed E-state index contributed by atoms with van der Waals surface area (Å²) in [6, 6.07) is 12.8. The molecule has 2 fully saturated rings. The number of pyridine rings is 1. The van der Waals surface area contributed by atoms with Crippen LogP contribution in [0.1, 0.15) is 16.8 Å². The smallest absolute Gasteiger partial charge is 0.253 e. The topological polar surface area (TPSA) is 88.9 Å². The molecule has 28 heavy (non-hydrogen) atoms. The van der Waals surface area contributed by atoms with E-state index < -0.39 is 18.2 Å². The number of nitrogens with one attached hydrogen (secondary N) is 1. The molecule has 0 unspecified atom stereocenters. The van der Waals surface area contributed by atoms with Crippen LogP contribution >= 0.6 is 0 Å². The Morgan fingerprint density at radius 3 is 2.46 bits per heavy atom. The Bertz CT molecular complexity index is 781. The molecule has 1 amide bonds. The average molecular weight is 382 g/mol. The van der Waals surface area contributed by atoms with Crippen molar-refractivity contribution in [1.29, 1.82) is 0 Å². The molecule has 1 aliphatic carbocycles. The van der Waals surface area contributed by atoms with Crippen LogP contribution in [0.5, 0.6) is 0 Å². The van der Waals surface area contributed by atoms with Crippen LogP contribution < -0.4 is 10.2 Å². The van der Waals surface area contributed by atoms with Gasteiger partial charge in [-0.2, -0.15) is 0 Å². The SMILES string of the molecule is O=C(N[C@@H]1C[C@H](O)[C@@H](N2CCN(c3ccccc3)CC2)[C@@H]1O)c1cccnc1. The van der Waals surface area contributed by atoms with Crippen molar-refractivity contribution in [2.75, 3.05) is 31.1 Å². The van der Waals surface area contributed by atoms with Crippen LogP contribution in [-0.2, 0) is 0 Å². The first-order valence-electron chi connectivity index (χ1n) is 9.74. The number of para-hydroxylation sites is 1. The number of aromatic nitrogens is 1. The molecule has 1 aromatic heterocycles. The number of benzene rings is 1. The van der Waals surface area contributed by atoms with Gasteiger partial charge in [-0.15, -0.1) is 0 Å². The fourth-order valence-electron chi connectivity index (χ4n) is 4.27. The molecule has 1 aromatic carbocycles. The number of aliphatic hydroxyl groups excluding tert-OH is 2. The molecule has 1 saturated heterocycles. The van der Waals surface area contributed by atoms with Crippen LogP contribution in [0.2, 0.25) is 0 Å². The van der Waals surface area contributed by atoms with Crippen molar-refractivity contribution in [1.82, 2.24) is 15.2 Å². The molecule has 0 bridgehead atoms. The van der Waals surface area contributed by atoms with E-state index in [4.69, 9.17) is 0 Å². The van der Waals surface area contributed by atoms with Crippen molar-refractivity contribution < 1.29 is 15.0 Å². The summed E-state index contributed by atoms with van der Waals surface area (Å²) >= 11 is 0. The highest BCUT2D eigenvalue weighted by molar-refractivity contribution is 5.94. The van der Waals surface area contributed by atoms with Crippen LogP contribution in [0.3, 0.4) is 0 Å². The number of carbonyl (C=O) groups is 1. The first-order chi connectivity index (χ1) is 13.6. The van der Waals surface area contributed by atoms with E-state index in [0.29, 0.717) is 12.0 Å². The first kappa shape index (κ1) is 18.9. The van der Waals surface area contributed by atoms with Gasteiger partial charge in [0.1, 0.15) is 0 Å². The number of anilines is 1. The number of carbonyl (C=O) groups excluding carboxylic acids is 1. The zero-order valence-electron chi connectivity index (χ0n) is 15.7. The lowest BCUT2D eigenvalue weighted by Gasteiger charge is -2.41. The second-order valence-corrected chi connectivity index (χ2v) is 7.46. The molecule has 1 aliphatic heterocycles. The van der Waals surface area contributed by atoms with Crippen LogP contribution in [0, 0.1) is 0 Å². The van der Waals surface area contributed by atoms with Crippen LogP contribution in [0.4, 0.5) is 5.69 Å². The molecule has 2 heterocycles. The van der Waals surface area contributed by atoms with E-state index in [9.17, 15) is 15.0 Å². The van der Waals surface area contributed by atoms with E-state index in [0.717, 1.165) is 26.2 Å². The quantitative estimate of drug-likeness (QED) is 0.714. The predicted octanol–water partition coefficient (Wildman–Crippen LogP) is 0.496. The normalized spacial score (nSPS) is 28.3. The number of amides is 1. The average Bonchev–Trinajstić information content (AvgIpc) is 3.02. The Labute approximate surface area is 164 Å². The highest BCUT2D eigenvalue weighted by Gasteiger charge is 2.45. The van der Waals surface area contributed by atoms with Crippen molar-refractivity contribution in [2.24, 2.45) is 0 Å². The summed E-state index contributed by atoms with van der Waals surface area (Å²) < 4.78 is 0. The van der Waals surface area contributed by atoms with Gasteiger partial charge in [-0.25, -0.2) is 0 Å². The molecular weight excluding hydrogens is 356 g/mol. The van der Waals surface area contributed by atoms with E-state index in [1.54, 1.807) is 18.3 Å². The van der Waals surface area contributed by atoms with Crippen molar-refractivity contribution in [3.8, 4) is 0 Å². The monoisotopic (exact) mass is 382 g/mol. The maximum absolute atomic E-state index is 12.4. The Balaban J connectivity index is 1.36. The lowest BCUT2D eigenvalue weighted by atomic mass is 10.1. The molecular formula is C21H26N4O3. The highest BCUT2D eigenvalue weighted by atomic mass is 16.3. The second-order valence-electron chi connectivity index (χ2n) is 7.46. The number of hydrogen-bond acceptors (Lipinski definition) is 6. The first-order valence-corrected chi connectivity index (χ1v) is 9.74. The highest BCUT2D eigenvalue weighted by Crippen LogP contribution is 2.27. The van der Waals surface area contributed by atoms with Gasteiger partial charge in [0.05, 0.1) is 29.9 Å². The summed E-state index contributed by atoms with van der Waals surface area (Å²) in [5, 5.41) is 24.2. The van der Waals surface area contributed by atoms with E-state index in [1.807, 2.05) is 18.2 Å². The molecule has 0 spiro atoms. The molecule has 3 N–H and O–H groups in total. The van der Waals surface area contributed by atoms with E-state index >= 15 is 0 Å².